The molecule has 4 heterocycles. The van der Waals surface area contributed by atoms with E-state index in [0.29, 0.717) is 5.92 Å². The summed E-state index contributed by atoms with van der Waals surface area (Å²) in [6.45, 7) is 4.77. The van der Waals surface area contributed by atoms with Crippen molar-refractivity contribution in [1.82, 2.24) is 29.9 Å². The molecule has 0 saturated carbocycles. The van der Waals surface area contributed by atoms with Gasteiger partial charge in [-0.3, -0.25) is 4.68 Å². The molecular weight excluding hydrogens is 292 g/mol. The van der Waals surface area contributed by atoms with Gasteiger partial charge < -0.3 is 10.2 Å². The third-order valence-corrected chi connectivity index (χ3v) is 4.15. The van der Waals surface area contributed by atoms with Crippen LogP contribution in [0.3, 0.4) is 0 Å². The molecule has 0 unspecified atom stereocenters. The molecule has 0 amide bonds. The Morgan fingerprint density at radius 2 is 2.09 bits per heavy atom. The van der Waals surface area contributed by atoms with Gasteiger partial charge in [-0.05, 0) is 19.1 Å². The van der Waals surface area contributed by atoms with Gasteiger partial charge >= 0.3 is 0 Å². The normalized spacial score (nSPS) is 15.0. The minimum absolute atomic E-state index is 0.569. The average molecular weight is 310 g/mol. The minimum atomic E-state index is 0.569. The van der Waals surface area contributed by atoms with Crippen LogP contribution in [-0.4, -0.2) is 49.6 Å². The maximum absolute atomic E-state index is 4.33. The van der Waals surface area contributed by atoms with E-state index in [1.165, 1.54) is 0 Å². The third kappa shape index (κ3) is 2.56. The highest BCUT2D eigenvalue weighted by atomic mass is 15.3. The molecule has 0 bridgehead atoms. The molecule has 1 saturated heterocycles. The van der Waals surface area contributed by atoms with Gasteiger partial charge in [0.2, 0.25) is 0 Å². The van der Waals surface area contributed by atoms with Gasteiger partial charge in [0.1, 0.15) is 12.1 Å². The Morgan fingerprint density at radius 3 is 2.87 bits per heavy atom. The molecule has 0 radical (unpaired) electrons. The SMILES string of the molecule is Cc1ccc(N2CC(CNc3ncnc4c3cnn4C)C2)nn1. The Balaban J connectivity index is 1.36. The second kappa shape index (κ2) is 5.45. The van der Waals surface area contributed by atoms with E-state index in [1.54, 1.807) is 17.2 Å². The van der Waals surface area contributed by atoms with Crippen molar-refractivity contribution in [2.45, 2.75) is 6.92 Å². The maximum Gasteiger partial charge on any atom is 0.163 e. The summed E-state index contributed by atoms with van der Waals surface area (Å²) in [7, 11) is 1.88. The molecule has 8 heteroatoms. The van der Waals surface area contributed by atoms with E-state index in [4.69, 9.17) is 0 Å². The highest BCUT2D eigenvalue weighted by Gasteiger charge is 2.28. The van der Waals surface area contributed by atoms with Crippen molar-refractivity contribution in [1.29, 1.82) is 0 Å². The second-order valence-electron chi connectivity index (χ2n) is 5.91. The molecule has 1 aliphatic heterocycles. The fourth-order valence-electron chi connectivity index (χ4n) is 2.79. The first-order chi connectivity index (χ1) is 11.2. The number of hydrogen-bond donors (Lipinski definition) is 1. The smallest absolute Gasteiger partial charge is 0.163 e. The van der Waals surface area contributed by atoms with Crippen LogP contribution in [0.1, 0.15) is 5.69 Å². The van der Waals surface area contributed by atoms with Gasteiger partial charge in [-0.25, -0.2) is 9.97 Å². The van der Waals surface area contributed by atoms with Crippen molar-refractivity contribution in [3.63, 3.8) is 0 Å². The molecule has 118 valence electrons. The minimum Gasteiger partial charge on any atom is -0.369 e. The first kappa shape index (κ1) is 13.9. The lowest BCUT2D eigenvalue weighted by Crippen LogP contribution is -2.50. The van der Waals surface area contributed by atoms with Crippen LogP contribution in [0.25, 0.3) is 11.0 Å². The van der Waals surface area contributed by atoms with Crippen LogP contribution in [0.4, 0.5) is 11.6 Å². The van der Waals surface area contributed by atoms with Crippen molar-refractivity contribution in [3.05, 3.63) is 30.4 Å². The third-order valence-electron chi connectivity index (χ3n) is 4.15. The van der Waals surface area contributed by atoms with Crippen LogP contribution in [0, 0.1) is 12.8 Å². The Hall–Kier alpha value is -2.77. The molecule has 0 aliphatic carbocycles. The van der Waals surface area contributed by atoms with Gasteiger partial charge in [0, 0.05) is 32.6 Å². The van der Waals surface area contributed by atoms with E-state index in [0.717, 1.165) is 48.0 Å². The standard InChI is InChI=1S/C15H18N8/c1-10-3-4-13(21-20-10)23-7-11(8-23)5-16-14-12-6-19-22(2)15(12)18-9-17-14/h3-4,6,9,11H,5,7-8H2,1-2H3,(H,16,17,18). The highest BCUT2D eigenvalue weighted by Crippen LogP contribution is 2.23. The Morgan fingerprint density at radius 1 is 1.22 bits per heavy atom. The summed E-state index contributed by atoms with van der Waals surface area (Å²) in [5.74, 6) is 2.36. The summed E-state index contributed by atoms with van der Waals surface area (Å²) >= 11 is 0. The summed E-state index contributed by atoms with van der Waals surface area (Å²) < 4.78 is 1.75. The molecule has 3 aromatic rings. The number of hydrogen-bond acceptors (Lipinski definition) is 7. The summed E-state index contributed by atoms with van der Waals surface area (Å²) in [4.78, 5) is 10.8. The highest BCUT2D eigenvalue weighted by molar-refractivity contribution is 5.85. The van der Waals surface area contributed by atoms with Crippen molar-refractivity contribution < 1.29 is 0 Å². The Kier molecular flexibility index (Phi) is 3.29. The molecule has 1 N–H and O–H groups in total. The molecule has 23 heavy (non-hydrogen) atoms. The lowest BCUT2D eigenvalue weighted by molar-refractivity contribution is 0.425. The van der Waals surface area contributed by atoms with Crippen LogP contribution >= 0.6 is 0 Å². The fraction of sp³-hybridized carbons (Fsp3) is 0.400. The van der Waals surface area contributed by atoms with Gasteiger partial charge in [-0.2, -0.15) is 10.2 Å². The van der Waals surface area contributed by atoms with Crippen molar-refractivity contribution in [2.24, 2.45) is 13.0 Å². The zero-order valence-corrected chi connectivity index (χ0v) is 13.1. The van der Waals surface area contributed by atoms with E-state index >= 15 is 0 Å². The lowest BCUT2D eigenvalue weighted by atomic mass is 10.0. The number of anilines is 2. The van der Waals surface area contributed by atoms with Gasteiger partial charge in [0.15, 0.2) is 11.5 Å². The number of fused-ring (bicyclic) bond motifs is 1. The van der Waals surface area contributed by atoms with Crippen LogP contribution in [-0.2, 0) is 7.05 Å². The molecule has 3 aromatic heterocycles. The van der Waals surface area contributed by atoms with Crippen LogP contribution in [0.15, 0.2) is 24.7 Å². The van der Waals surface area contributed by atoms with Gasteiger partial charge in [-0.15, -0.1) is 5.10 Å². The van der Waals surface area contributed by atoms with Crippen LogP contribution in [0.2, 0.25) is 0 Å². The number of aromatic nitrogens is 6. The molecule has 0 spiro atoms. The summed E-state index contributed by atoms with van der Waals surface area (Å²) in [6.07, 6.45) is 3.37. The number of rotatable bonds is 4. The zero-order valence-electron chi connectivity index (χ0n) is 13.1. The van der Waals surface area contributed by atoms with Crippen LogP contribution < -0.4 is 10.2 Å². The molecule has 0 atom stereocenters. The Bertz CT molecular complexity index is 819. The molecule has 1 aliphatic rings. The number of nitrogens with one attached hydrogen (secondary N) is 1. The molecule has 1 fully saturated rings. The summed E-state index contributed by atoms with van der Waals surface area (Å²) in [6, 6.07) is 4.02. The van der Waals surface area contributed by atoms with Crippen molar-refractivity contribution >= 4 is 22.7 Å². The molecule has 4 rings (SSSR count). The number of aryl methyl sites for hydroxylation is 2. The second-order valence-corrected chi connectivity index (χ2v) is 5.91. The predicted molar refractivity (Wildman–Crippen MR) is 87.3 cm³/mol. The van der Waals surface area contributed by atoms with Crippen molar-refractivity contribution in [3.8, 4) is 0 Å². The predicted octanol–water partition coefficient (Wildman–Crippen LogP) is 1.01. The van der Waals surface area contributed by atoms with Gasteiger partial charge in [-0.1, -0.05) is 0 Å². The topological polar surface area (TPSA) is 84.6 Å². The van der Waals surface area contributed by atoms with Gasteiger partial charge in [0.25, 0.3) is 0 Å². The van der Waals surface area contributed by atoms with Crippen LogP contribution in [0.5, 0.6) is 0 Å². The largest absolute Gasteiger partial charge is 0.369 e. The molecular formula is C15H18N8. The molecule has 0 aromatic carbocycles. The van der Waals surface area contributed by atoms with E-state index in [-0.39, 0.29) is 0 Å². The molecule has 8 nitrogen and oxygen atoms in total. The van der Waals surface area contributed by atoms with E-state index in [9.17, 15) is 0 Å². The fourth-order valence-corrected chi connectivity index (χ4v) is 2.79. The lowest BCUT2D eigenvalue weighted by Gasteiger charge is -2.40. The quantitative estimate of drug-likeness (QED) is 0.769. The first-order valence-corrected chi connectivity index (χ1v) is 7.62. The maximum atomic E-state index is 4.33. The summed E-state index contributed by atoms with van der Waals surface area (Å²) in [5, 5.41) is 16.9. The number of nitrogens with zero attached hydrogens (tertiary/aromatic N) is 7. The van der Waals surface area contributed by atoms with Gasteiger partial charge in [0.05, 0.1) is 17.3 Å². The zero-order chi connectivity index (χ0) is 15.8. The first-order valence-electron chi connectivity index (χ1n) is 7.62. The summed E-state index contributed by atoms with van der Waals surface area (Å²) in [5.41, 5.74) is 1.78. The monoisotopic (exact) mass is 310 g/mol. The van der Waals surface area contributed by atoms with E-state index in [1.807, 2.05) is 26.1 Å². The van der Waals surface area contributed by atoms with Crippen molar-refractivity contribution in [2.75, 3.05) is 29.9 Å². The average Bonchev–Trinajstić information content (AvgIpc) is 2.90. The van der Waals surface area contributed by atoms with E-state index < -0.39 is 0 Å². The van der Waals surface area contributed by atoms with E-state index in [2.05, 4.69) is 35.5 Å². The Labute approximate surface area is 133 Å².